The number of hydrogen-bond donors (Lipinski definition) is 2. The average Bonchev–Trinajstić information content (AvgIpc) is 3.03. The number of hydrogen-bond acceptors (Lipinski definition) is 3. The van der Waals surface area contributed by atoms with Crippen LogP contribution in [0.5, 0.6) is 0 Å². The minimum atomic E-state index is 0.177. The molecule has 2 heterocycles. The number of nitrogens with one attached hydrogen (secondary N) is 1. The first-order valence-corrected chi connectivity index (χ1v) is 7.79. The Morgan fingerprint density at radius 2 is 1.83 bits per heavy atom. The van der Waals surface area contributed by atoms with E-state index in [1.807, 2.05) is 24.4 Å². The number of rotatable bonds is 4. The Morgan fingerprint density at radius 1 is 0.957 bits per heavy atom. The van der Waals surface area contributed by atoms with Crippen LogP contribution in [0.2, 0.25) is 0 Å². The molecule has 2 aromatic heterocycles. The second kappa shape index (κ2) is 5.82. The van der Waals surface area contributed by atoms with Crippen molar-refractivity contribution in [1.82, 2.24) is 15.0 Å². The van der Waals surface area contributed by atoms with Crippen molar-refractivity contribution in [3.63, 3.8) is 0 Å². The Balaban J connectivity index is 1.82. The quantitative estimate of drug-likeness (QED) is 0.604. The summed E-state index contributed by atoms with van der Waals surface area (Å²) in [6, 6.07) is 16.6. The molecule has 23 heavy (non-hydrogen) atoms. The molecule has 0 fully saturated rings. The van der Waals surface area contributed by atoms with Crippen molar-refractivity contribution in [3.8, 4) is 11.1 Å². The van der Waals surface area contributed by atoms with Gasteiger partial charge in [0.05, 0.1) is 17.2 Å². The lowest BCUT2D eigenvalue weighted by molar-refractivity contribution is 0.287. The van der Waals surface area contributed by atoms with E-state index in [0.29, 0.717) is 6.42 Å². The number of aliphatic hydroxyl groups is 1. The molecule has 0 aliphatic rings. The van der Waals surface area contributed by atoms with Crippen molar-refractivity contribution in [2.75, 3.05) is 6.61 Å². The summed E-state index contributed by atoms with van der Waals surface area (Å²) in [5, 5.41) is 10.0. The molecule has 0 atom stereocenters. The molecule has 0 unspecified atom stereocenters. The minimum absolute atomic E-state index is 0.177. The van der Waals surface area contributed by atoms with Gasteiger partial charge in [0.1, 0.15) is 11.3 Å². The number of fused-ring (bicyclic) bond motifs is 3. The van der Waals surface area contributed by atoms with Crippen LogP contribution >= 0.6 is 0 Å². The molecule has 4 nitrogen and oxygen atoms in total. The molecule has 0 amide bonds. The maximum atomic E-state index is 8.96. The van der Waals surface area contributed by atoms with Crippen LogP contribution in [0.25, 0.3) is 33.1 Å². The van der Waals surface area contributed by atoms with Crippen LogP contribution in [0.15, 0.2) is 54.7 Å². The van der Waals surface area contributed by atoms with Gasteiger partial charge in [0.2, 0.25) is 0 Å². The predicted molar refractivity (Wildman–Crippen MR) is 92.2 cm³/mol. The van der Waals surface area contributed by atoms with Crippen LogP contribution in [0.1, 0.15) is 12.2 Å². The summed E-state index contributed by atoms with van der Waals surface area (Å²) >= 11 is 0. The first-order valence-electron chi connectivity index (χ1n) is 7.79. The van der Waals surface area contributed by atoms with Gasteiger partial charge in [0, 0.05) is 18.4 Å². The van der Waals surface area contributed by atoms with Gasteiger partial charge in [0.25, 0.3) is 0 Å². The number of benzene rings is 2. The fourth-order valence-corrected chi connectivity index (χ4v) is 2.89. The van der Waals surface area contributed by atoms with Crippen LogP contribution in [-0.4, -0.2) is 26.7 Å². The van der Waals surface area contributed by atoms with Gasteiger partial charge >= 0.3 is 0 Å². The molecule has 0 saturated carbocycles. The molecule has 4 heteroatoms. The SMILES string of the molecule is OCCCc1nc2cnc3cc(-c4ccccc4)ccc3c2[nH]1. The summed E-state index contributed by atoms with van der Waals surface area (Å²) in [6.45, 7) is 0.177. The van der Waals surface area contributed by atoms with Gasteiger partial charge in [0.15, 0.2) is 0 Å². The molecule has 0 spiro atoms. The Kier molecular flexibility index (Phi) is 3.52. The monoisotopic (exact) mass is 303 g/mol. The zero-order valence-corrected chi connectivity index (χ0v) is 12.7. The van der Waals surface area contributed by atoms with Gasteiger partial charge in [-0.05, 0) is 23.6 Å². The molecule has 4 rings (SSSR count). The first-order chi connectivity index (χ1) is 11.3. The highest BCUT2D eigenvalue weighted by atomic mass is 16.2. The lowest BCUT2D eigenvalue weighted by Crippen LogP contribution is -1.90. The van der Waals surface area contributed by atoms with Crippen LogP contribution in [-0.2, 0) is 6.42 Å². The van der Waals surface area contributed by atoms with E-state index >= 15 is 0 Å². The highest BCUT2D eigenvalue weighted by Crippen LogP contribution is 2.27. The van der Waals surface area contributed by atoms with Crippen molar-refractivity contribution in [2.45, 2.75) is 12.8 Å². The zero-order valence-electron chi connectivity index (χ0n) is 12.7. The lowest BCUT2D eigenvalue weighted by atomic mass is 10.0. The molecule has 2 N–H and O–H groups in total. The van der Waals surface area contributed by atoms with Gasteiger partial charge in [-0.25, -0.2) is 4.98 Å². The molecule has 2 aromatic carbocycles. The summed E-state index contributed by atoms with van der Waals surface area (Å²) in [7, 11) is 0. The smallest absolute Gasteiger partial charge is 0.108 e. The fraction of sp³-hybridized carbons (Fsp3) is 0.158. The topological polar surface area (TPSA) is 61.8 Å². The molecule has 0 aliphatic heterocycles. The van der Waals surface area contributed by atoms with Gasteiger partial charge in [-0.15, -0.1) is 0 Å². The van der Waals surface area contributed by atoms with E-state index in [1.54, 1.807) is 0 Å². The maximum Gasteiger partial charge on any atom is 0.108 e. The molecule has 114 valence electrons. The lowest BCUT2D eigenvalue weighted by Gasteiger charge is -2.04. The van der Waals surface area contributed by atoms with E-state index in [4.69, 9.17) is 5.11 Å². The highest BCUT2D eigenvalue weighted by molar-refractivity contribution is 6.03. The Labute approximate surface area is 133 Å². The van der Waals surface area contributed by atoms with Crippen molar-refractivity contribution in [1.29, 1.82) is 0 Å². The van der Waals surface area contributed by atoms with Crippen LogP contribution in [0.4, 0.5) is 0 Å². The van der Waals surface area contributed by atoms with Crippen LogP contribution in [0.3, 0.4) is 0 Å². The number of imidazole rings is 1. The Morgan fingerprint density at radius 3 is 2.65 bits per heavy atom. The largest absolute Gasteiger partial charge is 0.396 e. The second-order valence-corrected chi connectivity index (χ2v) is 5.63. The number of pyridine rings is 1. The van der Waals surface area contributed by atoms with Gasteiger partial charge in [-0.1, -0.05) is 42.5 Å². The van der Waals surface area contributed by atoms with Crippen LogP contribution < -0.4 is 0 Å². The Hall–Kier alpha value is -2.72. The summed E-state index contributed by atoms with van der Waals surface area (Å²) in [5.74, 6) is 0.899. The summed E-state index contributed by atoms with van der Waals surface area (Å²) in [6.07, 6.45) is 3.27. The number of aliphatic hydroxyl groups excluding tert-OH is 1. The molecule has 4 aromatic rings. The molecule has 0 saturated heterocycles. The highest BCUT2D eigenvalue weighted by Gasteiger charge is 2.08. The summed E-state index contributed by atoms with van der Waals surface area (Å²) < 4.78 is 0. The molecule has 0 radical (unpaired) electrons. The van der Waals surface area contributed by atoms with Crippen molar-refractivity contribution in [3.05, 3.63) is 60.6 Å². The fourth-order valence-electron chi connectivity index (χ4n) is 2.89. The molecular weight excluding hydrogens is 286 g/mol. The van der Waals surface area contributed by atoms with E-state index in [0.717, 1.165) is 39.7 Å². The number of H-pyrrole nitrogens is 1. The predicted octanol–water partition coefficient (Wildman–Crippen LogP) is 3.70. The van der Waals surface area contributed by atoms with Crippen molar-refractivity contribution < 1.29 is 5.11 Å². The first kappa shape index (κ1) is 13.9. The standard InChI is InChI=1S/C19H17N3O/c23-10-4-7-18-21-17-12-20-16-11-14(13-5-2-1-3-6-13)8-9-15(16)19(17)22-18/h1-3,5-6,8-9,11-12,23H,4,7,10H2,(H,21,22). The zero-order chi connectivity index (χ0) is 15.6. The Bertz CT molecular complexity index is 960. The number of aromatic nitrogens is 3. The third-order valence-corrected chi connectivity index (χ3v) is 4.05. The second-order valence-electron chi connectivity index (χ2n) is 5.63. The number of aromatic amines is 1. The van der Waals surface area contributed by atoms with Crippen LogP contribution in [0, 0.1) is 0 Å². The third-order valence-electron chi connectivity index (χ3n) is 4.05. The van der Waals surface area contributed by atoms with Crippen molar-refractivity contribution in [2.24, 2.45) is 0 Å². The van der Waals surface area contributed by atoms with Gasteiger partial charge < -0.3 is 10.1 Å². The number of aryl methyl sites for hydroxylation is 1. The van der Waals surface area contributed by atoms with E-state index in [9.17, 15) is 0 Å². The maximum absolute atomic E-state index is 8.96. The third kappa shape index (κ3) is 2.58. The summed E-state index contributed by atoms with van der Waals surface area (Å²) in [5.41, 5.74) is 5.19. The number of nitrogens with zero attached hydrogens (tertiary/aromatic N) is 2. The average molecular weight is 303 g/mol. The van der Waals surface area contributed by atoms with Crippen molar-refractivity contribution >= 4 is 21.9 Å². The minimum Gasteiger partial charge on any atom is -0.396 e. The van der Waals surface area contributed by atoms with E-state index in [-0.39, 0.29) is 6.61 Å². The van der Waals surface area contributed by atoms with E-state index in [1.165, 1.54) is 5.56 Å². The van der Waals surface area contributed by atoms with E-state index in [2.05, 4.69) is 45.3 Å². The van der Waals surface area contributed by atoms with E-state index < -0.39 is 0 Å². The molecular formula is C19H17N3O. The summed E-state index contributed by atoms with van der Waals surface area (Å²) in [4.78, 5) is 12.5. The van der Waals surface area contributed by atoms with Gasteiger partial charge in [-0.2, -0.15) is 0 Å². The normalized spacial score (nSPS) is 11.3. The van der Waals surface area contributed by atoms with Gasteiger partial charge in [-0.3, -0.25) is 4.98 Å². The molecule has 0 aliphatic carbocycles. The molecule has 0 bridgehead atoms.